The molecule has 6 nitrogen and oxygen atoms in total. The van der Waals surface area contributed by atoms with Gasteiger partial charge >= 0.3 is 0 Å². The molecular weight excluding hydrogens is 360 g/mol. The summed E-state index contributed by atoms with van der Waals surface area (Å²) in [5, 5.41) is 3.78. The van der Waals surface area contributed by atoms with Gasteiger partial charge in [-0.05, 0) is 38.8 Å². The van der Waals surface area contributed by atoms with Crippen LogP contribution in [0.15, 0.2) is 35.1 Å². The second-order valence-corrected chi connectivity index (χ2v) is 7.60. The molecule has 0 saturated heterocycles. The topological polar surface area (TPSA) is 68.9 Å². The van der Waals surface area contributed by atoms with E-state index < -0.39 is 0 Å². The second-order valence-electron chi connectivity index (χ2n) is 6.52. The van der Waals surface area contributed by atoms with Crippen molar-refractivity contribution >= 4 is 22.9 Å². The highest BCUT2D eigenvalue weighted by Gasteiger charge is 2.21. The molecule has 0 aliphatic heterocycles. The summed E-state index contributed by atoms with van der Waals surface area (Å²) in [5.74, 6) is -0.279. The van der Waals surface area contributed by atoms with E-state index in [1.54, 1.807) is 16.4 Å². The number of benzene rings is 1. The number of aromatic nitrogens is 3. The zero-order chi connectivity index (χ0) is 19.6. The average Bonchev–Trinajstić information content (AvgIpc) is 3.13. The maximum atomic E-state index is 12.9. The number of unbranched alkanes of at least 4 members (excludes halogenated alkanes) is 1. The number of carbonyl (C=O) groups excluding carboxylic acids is 1. The van der Waals surface area contributed by atoms with Crippen LogP contribution in [-0.4, -0.2) is 20.3 Å². The van der Waals surface area contributed by atoms with E-state index in [-0.39, 0.29) is 11.5 Å². The molecule has 27 heavy (non-hydrogen) atoms. The minimum atomic E-state index is -0.279. The molecule has 0 atom stereocenters. The summed E-state index contributed by atoms with van der Waals surface area (Å²) in [5.41, 5.74) is 2.22. The number of aryl methyl sites for hydroxylation is 2. The summed E-state index contributed by atoms with van der Waals surface area (Å²) in [6.45, 7) is 5.79. The third-order valence-corrected chi connectivity index (χ3v) is 5.80. The van der Waals surface area contributed by atoms with Crippen molar-refractivity contribution in [3.8, 4) is 5.69 Å². The zero-order valence-electron chi connectivity index (χ0n) is 16.1. The van der Waals surface area contributed by atoms with Gasteiger partial charge in [0.05, 0.1) is 22.1 Å². The van der Waals surface area contributed by atoms with Gasteiger partial charge < -0.3 is 5.32 Å². The Morgan fingerprint density at radius 1 is 1.22 bits per heavy atom. The molecule has 0 bridgehead atoms. The number of thiazole rings is 1. The Morgan fingerprint density at radius 3 is 2.59 bits per heavy atom. The first kappa shape index (κ1) is 19.1. The number of amides is 1. The zero-order valence-corrected chi connectivity index (χ0v) is 16.9. The van der Waals surface area contributed by atoms with E-state index in [0.29, 0.717) is 22.0 Å². The van der Waals surface area contributed by atoms with E-state index >= 15 is 0 Å². The van der Waals surface area contributed by atoms with Gasteiger partial charge in [-0.3, -0.25) is 14.3 Å². The maximum Gasteiger partial charge on any atom is 0.295 e. The van der Waals surface area contributed by atoms with Gasteiger partial charge in [-0.1, -0.05) is 31.5 Å². The molecule has 2 heterocycles. The van der Waals surface area contributed by atoms with Gasteiger partial charge in [0.2, 0.25) is 0 Å². The van der Waals surface area contributed by atoms with Crippen LogP contribution in [0.3, 0.4) is 0 Å². The monoisotopic (exact) mass is 384 g/mol. The van der Waals surface area contributed by atoms with Gasteiger partial charge in [0.15, 0.2) is 0 Å². The molecule has 0 radical (unpaired) electrons. The number of hydrogen-bond acceptors (Lipinski definition) is 4. The molecule has 2 aromatic heterocycles. The van der Waals surface area contributed by atoms with E-state index in [9.17, 15) is 9.59 Å². The van der Waals surface area contributed by atoms with Crippen molar-refractivity contribution in [2.24, 2.45) is 7.05 Å². The fourth-order valence-corrected chi connectivity index (χ4v) is 3.98. The summed E-state index contributed by atoms with van der Waals surface area (Å²) >= 11 is 1.41. The lowest BCUT2D eigenvalue weighted by Gasteiger charge is -2.07. The Labute approximate surface area is 162 Å². The highest BCUT2D eigenvalue weighted by Crippen LogP contribution is 2.22. The minimum absolute atomic E-state index is 0.247. The fourth-order valence-electron chi connectivity index (χ4n) is 2.98. The largest absolute Gasteiger partial charge is 0.315 e. The molecule has 1 amide bonds. The summed E-state index contributed by atoms with van der Waals surface area (Å²) in [4.78, 5) is 30.8. The molecule has 0 fully saturated rings. The Bertz CT molecular complexity index is 1010. The number of nitrogens with zero attached hydrogens (tertiary/aromatic N) is 3. The predicted octanol–water partition coefficient (Wildman–Crippen LogP) is 3.84. The van der Waals surface area contributed by atoms with Crippen LogP contribution in [-0.2, 0) is 13.5 Å². The first-order valence-corrected chi connectivity index (χ1v) is 9.87. The van der Waals surface area contributed by atoms with Gasteiger partial charge in [0.1, 0.15) is 10.6 Å². The Morgan fingerprint density at radius 2 is 1.93 bits per heavy atom. The molecule has 3 rings (SSSR count). The number of carbonyl (C=O) groups is 1. The first-order chi connectivity index (χ1) is 12.9. The van der Waals surface area contributed by atoms with Crippen molar-refractivity contribution < 1.29 is 4.79 Å². The van der Waals surface area contributed by atoms with E-state index in [1.807, 2.05) is 44.2 Å². The number of hydrogen-bond donors (Lipinski definition) is 1. The maximum absolute atomic E-state index is 12.9. The van der Waals surface area contributed by atoms with E-state index in [0.717, 1.165) is 30.0 Å². The van der Waals surface area contributed by atoms with Crippen molar-refractivity contribution in [3.63, 3.8) is 0 Å². The van der Waals surface area contributed by atoms with E-state index in [4.69, 9.17) is 0 Å². The average molecular weight is 385 g/mol. The van der Waals surface area contributed by atoms with Crippen molar-refractivity contribution in [1.82, 2.24) is 14.3 Å². The molecule has 0 unspecified atom stereocenters. The van der Waals surface area contributed by atoms with Crippen LogP contribution < -0.4 is 10.9 Å². The Balaban J connectivity index is 1.92. The number of rotatable bonds is 6. The molecule has 0 saturated carbocycles. The number of nitrogens with one attached hydrogen (secondary N) is 1. The summed E-state index contributed by atoms with van der Waals surface area (Å²) in [7, 11) is 1.81. The molecule has 142 valence electrons. The van der Waals surface area contributed by atoms with E-state index in [2.05, 4.69) is 17.2 Å². The molecule has 1 aromatic carbocycles. The van der Waals surface area contributed by atoms with Crippen LogP contribution in [0.2, 0.25) is 0 Å². The van der Waals surface area contributed by atoms with Crippen molar-refractivity contribution in [2.45, 2.75) is 40.0 Å². The Kier molecular flexibility index (Phi) is 5.60. The fraction of sp³-hybridized carbons (Fsp3) is 0.350. The summed E-state index contributed by atoms with van der Waals surface area (Å²) in [6.07, 6.45) is 3.01. The molecular formula is C20H24N4O2S. The van der Waals surface area contributed by atoms with Gasteiger partial charge in [0.25, 0.3) is 11.5 Å². The van der Waals surface area contributed by atoms with Gasteiger partial charge in [0, 0.05) is 7.05 Å². The highest BCUT2D eigenvalue weighted by atomic mass is 32.1. The van der Waals surface area contributed by atoms with Crippen LogP contribution in [0.5, 0.6) is 0 Å². The lowest BCUT2D eigenvalue weighted by molar-refractivity contribution is 0.102. The summed E-state index contributed by atoms with van der Waals surface area (Å²) in [6, 6.07) is 9.37. The molecule has 0 aliphatic rings. The quantitative estimate of drug-likeness (QED) is 0.702. The van der Waals surface area contributed by atoms with Crippen LogP contribution in [0.1, 0.15) is 45.8 Å². The van der Waals surface area contributed by atoms with Crippen molar-refractivity contribution in [2.75, 3.05) is 5.32 Å². The van der Waals surface area contributed by atoms with Gasteiger partial charge in [-0.2, -0.15) is 0 Å². The lowest BCUT2D eigenvalue weighted by Crippen LogP contribution is -2.22. The lowest BCUT2D eigenvalue weighted by atomic mass is 10.3. The summed E-state index contributed by atoms with van der Waals surface area (Å²) < 4.78 is 3.30. The third-order valence-electron chi connectivity index (χ3n) is 4.58. The number of anilines is 1. The predicted molar refractivity (Wildman–Crippen MR) is 109 cm³/mol. The van der Waals surface area contributed by atoms with Gasteiger partial charge in [-0.25, -0.2) is 9.67 Å². The third kappa shape index (κ3) is 3.73. The minimum Gasteiger partial charge on any atom is -0.315 e. The standard InChI is InChI=1S/C20H24N4O2S/c1-5-6-12-16-21-13(2)18(27-16)19(25)22-17-14(3)23(4)24(20(17)26)15-10-8-7-9-11-15/h7-11H,5-6,12H2,1-4H3,(H,22,25). The molecule has 1 N–H and O–H groups in total. The van der Waals surface area contributed by atoms with Crippen molar-refractivity contribution in [3.05, 3.63) is 62.0 Å². The van der Waals surface area contributed by atoms with Gasteiger partial charge in [-0.15, -0.1) is 11.3 Å². The molecule has 0 spiro atoms. The Hall–Kier alpha value is -2.67. The molecule has 7 heteroatoms. The number of para-hydroxylation sites is 1. The van der Waals surface area contributed by atoms with Crippen LogP contribution in [0.4, 0.5) is 5.69 Å². The smallest absolute Gasteiger partial charge is 0.295 e. The van der Waals surface area contributed by atoms with Crippen LogP contribution in [0, 0.1) is 13.8 Å². The van der Waals surface area contributed by atoms with E-state index in [1.165, 1.54) is 11.3 Å². The van der Waals surface area contributed by atoms with Crippen LogP contribution in [0.25, 0.3) is 5.69 Å². The first-order valence-electron chi connectivity index (χ1n) is 9.05. The second kappa shape index (κ2) is 7.92. The SMILES string of the molecule is CCCCc1nc(C)c(C(=O)Nc2c(C)n(C)n(-c3ccccc3)c2=O)s1. The molecule has 0 aliphatic carbocycles. The van der Waals surface area contributed by atoms with Crippen molar-refractivity contribution in [1.29, 1.82) is 0 Å². The normalized spacial score (nSPS) is 11.0. The molecule has 3 aromatic rings. The van der Waals surface area contributed by atoms with Crippen LogP contribution >= 0.6 is 11.3 Å². The highest BCUT2D eigenvalue weighted by molar-refractivity contribution is 7.13.